The van der Waals surface area contributed by atoms with Crippen LogP contribution in [0.1, 0.15) is 20.3 Å². The molecule has 104 valence electrons. The Morgan fingerprint density at radius 3 is 2.29 bits per heavy atom. The summed E-state index contributed by atoms with van der Waals surface area (Å²) in [5, 5.41) is 6.31. The fourth-order valence-corrected chi connectivity index (χ4v) is 1.19. The number of alkyl halides is 3. The number of hydrogen-bond acceptors (Lipinski definition) is 3. The number of ether oxygens (including phenoxy) is 1. The van der Waals surface area contributed by atoms with E-state index in [1.54, 1.807) is 0 Å². The molecule has 0 heterocycles. The molecule has 0 fully saturated rings. The molecule has 0 unspecified atom stereocenters. The first-order valence-electron chi connectivity index (χ1n) is 5.98. The molecule has 0 aliphatic carbocycles. The van der Waals surface area contributed by atoms with Crippen LogP contribution in [0.25, 0.3) is 0 Å². The molecule has 0 atom stereocenters. The average Bonchev–Trinajstić information content (AvgIpc) is 2.18. The predicted octanol–water partition coefficient (Wildman–Crippen LogP) is 1.79. The van der Waals surface area contributed by atoms with Crippen LogP contribution in [0.15, 0.2) is 0 Å². The molecule has 0 radical (unpaired) electrons. The van der Waals surface area contributed by atoms with Crippen molar-refractivity contribution in [1.82, 2.24) is 10.6 Å². The van der Waals surface area contributed by atoms with Crippen molar-refractivity contribution in [3.8, 4) is 0 Å². The minimum absolute atomic E-state index is 0.0962. The summed E-state index contributed by atoms with van der Waals surface area (Å²) in [4.78, 5) is 0. The lowest BCUT2D eigenvalue weighted by Crippen LogP contribution is -2.27. The molecule has 0 aliphatic rings. The molecule has 0 saturated carbocycles. The summed E-state index contributed by atoms with van der Waals surface area (Å²) in [5.74, 6) is 0.638. The molecular weight excluding hydrogens is 233 g/mol. The smallest absolute Gasteiger partial charge is 0.371 e. The Morgan fingerprint density at radius 2 is 1.71 bits per heavy atom. The van der Waals surface area contributed by atoms with Gasteiger partial charge < -0.3 is 15.4 Å². The van der Waals surface area contributed by atoms with Crippen LogP contribution in [0.4, 0.5) is 13.2 Å². The Hall–Kier alpha value is -0.330. The molecule has 17 heavy (non-hydrogen) atoms. The van der Waals surface area contributed by atoms with Gasteiger partial charge in [0.05, 0.1) is 6.61 Å². The highest BCUT2D eigenvalue weighted by Gasteiger charge is 2.27. The maximum absolute atomic E-state index is 11.7. The molecular formula is C11H23F3N2O. The molecule has 0 aromatic carbocycles. The van der Waals surface area contributed by atoms with Gasteiger partial charge in [0.1, 0.15) is 6.61 Å². The zero-order valence-corrected chi connectivity index (χ0v) is 10.6. The molecule has 0 amide bonds. The van der Waals surface area contributed by atoms with Crippen LogP contribution < -0.4 is 10.6 Å². The van der Waals surface area contributed by atoms with E-state index in [-0.39, 0.29) is 6.61 Å². The summed E-state index contributed by atoms with van der Waals surface area (Å²) in [6.45, 7) is 6.39. The van der Waals surface area contributed by atoms with Gasteiger partial charge in [-0.1, -0.05) is 13.8 Å². The highest BCUT2D eigenvalue weighted by molar-refractivity contribution is 4.54. The molecule has 0 aliphatic heterocycles. The summed E-state index contributed by atoms with van der Waals surface area (Å²) in [5.41, 5.74) is 0. The predicted molar refractivity (Wildman–Crippen MR) is 62.1 cm³/mol. The second kappa shape index (κ2) is 9.67. The third-order valence-electron chi connectivity index (χ3n) is 1.95. The van der Waals surface area contributed by atoms with Crippen LogP contribution >= 0.6 is 0 Å². The van der Waals surface area contributed by atoms with Gasteiger partial charge in [0.25, 0.3) is 0 Å². The lowest BCUT2D eigenvalue weighted by Gasteiger charge is -2.09. The number of rotatable bonds is 10. The minimum Gasteiger partial charge on any atom is -0.371 e. The van der Waals surface area contributed by atoms with Crippen molar-refractivity contribution < 1.29 is 17.9 Å². The Labute approximate surface area is 101 Å². The molecule has 0 bridgehead atoms. The van der Waals surface area contributed by atoms with Gasteiger partial charge in [-0.25, -0.2) is 0 Å². The Morgan fingerprint density at radius 1 is 1.06 bits per heavy atom. The SMILES string of the molecule is CC(C)CNCCCNCCOCC(F)(F)F. The van der Waals surface area contributed by atoms with Gasteiger partial charge in [0.2, 0.25) is 0 Å². The first kappa shape index (κ1) is 16.7. The molecule has 0 saturated heterocycles. The Balaban J connectivity index is 3.04. The molecule has 0 aromatic heterocycles. The van der Waals surface area contributed by atoms with E-state index < -0.39 is 12.8 Å². The van der Waals surface area contributed by atoms with Crippen molar-refractivity contribution in [3.05, 3.63) is 0 Å². The van der Waals surface area contributed by atoms with Crippen LogP contribution in [0.3, 0.4) is 0 Å². The Bertz CT molecular complexity index is 175. The van der Waals surface area contributed by atoms with Crippen LogP contribution in [0.5, 0.6) is 0 Å². The zero-order valence-electron chi connectivity index (χ0n) is 10.6. The van der Waals surface area contributed by atoms with E-state index in [2.05, 4.69) is 29.2 Å². The maximum Gasteiger partial charge on any atom is 0.411 e. The molecule has 0 rings (SSSR count). The van der Waals surface area contributed by atoms with Crippen LogP contribution in [0.2, 0.25) is 0 Å². The van der Waals surface area contributed by atoms with E-state index in [0.29, 0.717) is 12.5 Å². The quantitative estimate of drug-likeness (QED) is 0.585. The van der Waals surface area contributed by atoms with Crippen molar-refractivity contribution in [2.24, 2.45) is 5.92 Å². The van der Waals surface area contributed by atoms with E-state index in [1.165, 1.54) is 0 Å². The lowest BCUT2D eigenvalue weighted by molar-refractivity contribution is -0.173. The van der Waals surface area contributed by atoms with Gasteiger partial charge in [0.15, 0.2) is 0 Å². The fraction of sp³-hybridized carbons (Fsp3) is 1.00. The van der Waals surface area contributed by atoms with Crippen molar-refractivity contribution >= 4 is 0 Å². The first-order valence-corrected chi connectivity index (χ1v) is 5.98. The summed E-state index contributed by atoms with van der Waals surface area (Å²) in [6.07, 6.45) is -3.26. The van der Waals surface area contributed by atoms with E-state index in [1.807, 2.05) is 0 Å². The van der Waals surface area contributed by atoms with Crippen molar-refractivity contribution in [2.45, 2.75) is 26.4 Å². The average molecular weight is 256 g/mol. The largest absolute Gasteiger partial charge is 0.411 e. The number of hydrogen-bond donors (Lipinski definition) is 2. The second-order valence-electron chi connectivity index (χ2n) is 4.37. The number of halogens is 3. The van der Waals surface area contributed by atoms with E-state index >= 15 is 0 Å². The van der Waals surface area contributed by atoms with Gasteiger partial charge in [-0.05, 0) is 32.0 Å². The third-order valence-corrected chi connectivity index (χ3v) is 1.95. The molecule has 0 spiro atoms. The molecule has 6 heteroatoms. The highest BCUT2D eigenvalue weighted by Crippen LogP contribution is 2.13. The van der Waals surface area contributed by atoms with Gasteiger partial charge >= 0.3 is 6.18 Å². The zero-order chi connectivity index (χ0) is 13.1. The van der Waals surface area contributed by atoms with Crippen LogP contribution in [-0.4, -0.2) is 45.6 Å². The topological polar surface area (TPSA) is 33.3 Å². The Kier molecular flexibility index (Phi) is 9.49. The third kappa shape index (κ3) is 15.7. The standard InChI is InChI=1S/C11H23F3N2O/c1-10(2)8-16-5-3-4-15-6-7-17-9-11(12,13)14/h10,15-16H,3-9H2,1-2H3. The van der Waals surface area contributed by atoms with Gasteiger partial charge in [-0.2, -0.15) is 13.2 Å². The van der Waals surface area contributed by atoms with E-state index in [9.17, 15) is 13.2 Å². The van der Waals surface area contributed by atoms with Crippen molar-refractivity contribution in [1.29, 1.82) is 0 Å². The summed E-state index contributed by atoms with van der Waals surface area (Å²) < 4.78 is 39.5. The van der Waals surface area contributed by atoms with Gasteiger partial charge in [-0.3, -0.25) is 0 Å². The van der Waals surface area contributed by atoms with E-state index in [4.69, 9.17) is 0 Å². The van der Waals surface area contributed by atoms with Crippen molar-refractivity contribution in [2.75, 3.05) is 39.4 Å². The fourth-order valence-electron chi connectivity index (χ4n) is 1.19. The molecule has 0 aromatic rings. The first-order chi connectivity index (χ1) is 7.92. The van der Waals surface area contributed by atoms with Gasteiger partial charge in [-0.15, -0.1) is 0 Å². The summed E-state index contributed by atoms with van der Waals surface area (Å²) >= 11 is 0. The molecule has 3 nitrogen and oxygen atoms in total. The number of nitrogens with one attached hydrogen (secondary N) is 2. The summed E-state index contributed by atoms with van der Waals surface area (Å²) in [6, 6.07) is 0. The molecule has 2 N–H and O–H groups in total. The van der Waals surface area contributed by atoms with Gasteiger partial charge in [0, 0.05) is 6.54 Å². The van der Waals surface area contributed by atoms with Crippen molar-refractivity contribution in [3.63, 3.8) is 0 Å². The minimum atomic E-state index is -4.22. The van der Waals surface area contributed by atoms with Crippen LogP contribution in [0, 0.1) is 5.92 Å². The second-order valence-corrected chi connectivity index (χ2v) is 4.37. The van der Waals surface area contributed by atoms with Crippen LogP contribution in [-0.2, 0) is 4.74 Å². The van der Waals surface area contributed by atoms with E-state index in [0.717, 1.165) is 26.1 Å². The highest BCUT2D eigenvalue weighted by atomic mass is 19.4. The maximum atomic E-state index is 11.7. The monoisotopic (exact) mass is 256 g/mol. The lowest BCUT2D eigenvalue weighted by atomic mass is 10.2. The normalized spacial score (nSPS) is 12.4. The summed E-state index contributed by atoms with van der Waals surface area (Å²) in [7, 11) is 0.